The van der Waals surface area contributed by atoms with Crippen LogP contribution in [-0.2, 0) is 0 Å². The lowest BCUT2D eigenvalue weighted by Crippen LogP contribution is -2.47. The van der Waals surface area contributed by atoms with Crippen LogP contribution in [0.4, 0.5) is 5.82 Å². The highest BCUT2D eigenvalue weighted by Gasteiger charge is 2.18. The zero-order chi connectivity index (χ0) is 19.2. The number of anilines is 1. The van der Waals surface area contributed by atoms with Gasteiger partial charge < -0.3 is 4.90 Å². The molecule has 1 aromatic heterocycles. The third-order valence-electron chi connectivity index (χ3n) is 4.70. The fraction of sp³-hybridized carbons (Fsp3) is 0.696. The summed E-state index contributed by atoms with van der Waals surface area (Å²) in [7, 11) is 0. The van der Waals surface area contributed by atoms with Crippen molar-refractivity contribution in [3.05, 3.63) is 23.9 Å². The lowest BCUT2D eigenvalue weighted by molar-refractivity contribution is 0.235. The first-order valence-corrected chi connectivity index (χ1v) is 10.0. The molecular weight excluding hydrogens is 318 g/mol. The van der Waals surface area contributed by atoms with Crippen LogP contribution in [0.3, 0.4) is 0 Å². The maximum atomic E-state index is 4.64. The lowest BCUT2D eigenvalue weighted by Gasteiger charge is -2.35. The Labute approximate surface area is 161 Å². The molecule has 0 aliphatic carbocycles. The first kappa shape index (κ1) is 20.8. The second-order valence-electron chi connectivity index (χ2n) is 9.94. The fourth-order valence-corrected chi connectivity index (χ4v) is 3.09. The van der Waals surface area contributed by atoms with Crippen molar-refractivity contribution in [2.45, 2.75) is 60.8 Å². The molecule has 0 N–H and O–H groups in total. The third kappa shape index (κ3) is 7.79. The van der Waals surface area contributed by atoms with E-state index in [-0.39, 0.29) is 5.41 Å². The summed E-state index contributed by atoms with van der Waals surface area (Å²) in [5.41, 5.74) is 1.72. The zero-order valence-electron chi connectivity index (χ0n) is 17.7. The number of aromatic nitrogens is 1. The first-order chi connectivity index (χ1) is 12.1. The molecule has 1 aliphatic heterocycles. The molecule has 0 amide bonds. The van der Waals surface area contributed by atoms with E-state index in [1.54, 1.807) is 0 Å². The Bertz CT molecular complexity index is 600. The Balaban J connectivity index is 1.79. The van der Waals surface area contributed by atoms with Gasteiger partial charge in [-0.1, -0.05) is 53.4 Å². The van der Waals surface area contributed by atoms with Gasteiger partial charge in [-0.15, -0.1) is 0 Å². The lowest BCUT2D eigenvalue weighted by atomic mass is 9.90. The average Bonchev–Trinajstić information content (AvgIpc) is 2.54. The molecule has 0 unspecified atom stereocenters. The van der Waals surface area contributed by atoms with Gasteiger partial charge in [-0.25, -0.2) is 4.98 Å². The smallest absolute Gasteiger partial charge is 0.128 e. The van der Waals surface area contributed by atoms with Gasteiger partial charge in [-0.05, 0) is 42.3 Å². The predicted octanol–water partition coefficient (Wildman–Crippen LogP) is 4.82. The molecule has 2 rings (SSSR count). The Morgan fingerprint density at radius 3 is 2.19 bits per heavy atom. The van der Waals surface area contributed by atoms with Gasteiger partial charge in [0, 0.05) is 44.4 Å². The van der Waals surface area contributed by atoms with E-state index >= 15 is 0 Å². The number of rotatable bonds is 4. The Hall–Kier alpha value is -1.53. The number of pyridine rings is 1. The molecule has 1 aromatic rings. The van der Waals surface area contributed by atoms with E-state index in [9.17, 15) is 0 Å². The minimum absolute atomic E-state index is 0.257. The molecule has 0 radical (unpaired) electrons. The average molecular weight is 356 g/mol. The van der Waals surface area contributed by atoms with Crippen molar-refractivity contribution in [1.29, 1.82) is 0 Å². The first-order valence-electron chi connectivity index (χ1n) is 10.0. The number of hydrogen-bond acceptors (Lipinski definition) is 3. The minimum Gasteiger partial charge on any atom is -0.354 e. The van der Waals surface area contributed by atoms with Crippen LogP contribution in [0.5, 0.6) is 0 Å². The highest BCUT2D eigenvalue weighted by molar-refractivity contribution is 5.43. The van der Waals surface area contributed by atoms with Crippen LogP contribution in [-0.4, -0.2) is 42.6 Å². The maximum Gasteiger partial charge on any atom is 0.128 e. The van der Waals surface area contributed by atoms with Gasteiger partial charge in [0.25, 0.3) is 0 Å². The predicted molar refractivity (Wildman–Crippen MR) is 113 cm³/mol. The van der Waals surface area contributed by atoms with Crippen LogP contribution in [0.2, 0.25) is 0 Å². The third-order valence-corrected chi connectivity index (χ3v) is 4.70. The fourth-order valence-electron chi connectivity index (χ4n) is 3.09. The molecule has 1 aliphatic rings. The Morgan fingerprint density at radius 1 is 0.962 bits per heavy atom. The normalized spacial score (nSPS) is 16.3. The number of piperazine rings is 1. The van der Waals surface area contributed by atoms with E-state index < -0.39 is 0 Å². The summed E-state index contributed by atoms with van der Waals surface area (Å²) in [5.74, 6) is 7.58. The molecule has 0 aromatic carbocycles. The molecule has 144 valence electrons. The van der Waals surface area contributed by atoms with E-state index in [1.165, 1.54) is 19.4 Å². The van der Waals surface area contributed by atoms with Gasteiger partial charge in [0.05, 0.1) is 0 Å². The van der Waals surface area contributed by atoms with Gasteiger partial charge >= 0.3 is 0 Å². The molecule has 2 heterocycles. The molecule has 0 bridgehead atoms. The van der Waals surface area contributed by atoms with Crippen LogP contribution < -0.4 is 4.90 Å². The number of hydrogen-bond donors (Lipinski definition) is 0. The van der Waals surface area contributed by atoms with Crippen molar-refractivity contribution in [2.24, 2.45) is 10.8 Å². The number of nitrogens with zero attached hydrogens (tertiary/aromatic N) is 3. The summed E-state index contributed by atoms with van der Waals surface area (Å²) in [6.07, 6.45) is 5.42. The largest absolute Gasteiger partial charge is 0.354 e. The van der Waals surface area contributed by atoms with Crippen LogP contribution in [0.1, 0.15) is 66.4 Å². The van der Waals surface area contributed by atoms with Crippen LogP contribution in [0.15, 0.2) is 18.3 Å². The minimum atomic E-state index is 0.257. The quantitative estimate of drug-likeness (QED) is 0.722. The molecule has 1 saturated heterocycles. The van der Waals surface area contributed by atoms with Gasteiger partial charge in [0.1, 0.15) is 5.82 Å². The van der Waals surface area contributed by atoms with Crippen LogP contribution >= 0.6 is 0 Å². The Morgan fingerprint density at radius 2 is 1.65 bits per heavy atom. The highest BCUT2D eigenvalue weighted by Crippen LogP contribution is 2.21. The van der Waals surface area contributed by atoms with E-state index in [4.69, 9.17) is 0 Å². The molecule has 0 spiro atoms. The van der Waals surface area contributed by atoms with Gasteiger partial charge in [-0.2, -0.15) is 0 Å². The van der Waals surface area contributed by atoms with Crippen molar-refractivity contribution in [2.75, 3.05) is 37.6 Å². The molecule has 3 nitrogen and oxygen atoms in total. The zero-order valence-corrected chi connectivity index (χ0v) is 17.7. The van der Waals surface area contributed by atoms with Crippen molar-refractivity contribution < 1.29 is 0 Å². The van der Waals surface area contributed by atoms with E-state index in [0.29, 0.717) is 5.41 Å². The monoisotopic (exact) mass is 355 g/mol. The summed E-state index contributed by atoms with van der Waals surface area (Å²) in [4.78, 5) is 9.63. The van der Waals surface area contributed by atoms with Gasteiger partial charge in [0.2, 0.25) is 0 Å². The van der Waals surface area contributed by atoms with Crippen LogP contribution in [0.25, 0.3) is 0 Å². The molecule has 3 heteroatoms. The molecular formula is C23H37N3. The second-order valence-corrected chi connectivity index (χ2v) is 9.94. The van der Waals surface area contributed by atoms with Gasteiger partial charge in [0.15, 0.2) is 0 Å². The summed E-state index contributed by atoms with van der Waals surface area (Å²) < 4.78 is 0. The summed E-state index contributed by atoms with van der Waals surface area (Å²) in [5, 5.41) is 0. The van der Waals surface area contributed by atoms with Crippen molar-refractivity contribution in [3.8, 4) is 11.8 Å². The van der Waals surface area contributed by atoms with E-state index in [0.717, 1.165) is 44.0 Å². The molecule has 26 heavy (non-hydrogen) atoms. The van der Waals surface area contributed by atoms with Gasteiger partial charge in [-0.3, -0.25) is 4.90 Å². The molecule has 0 saturated carbocycles. The SMILES string of the molecule is CC(C)(C)CC#Cc1ccc(N2CCN(CCCC(C)(C)C)CC2)nc1. The maximum absolute atomic E-state index is 4.64. The van der Waals surface area contributed by atoms with Crippen molar-refractivity contribution in [1.82, 2.24) is 9.88 Å². The summed E-state index contributed by atoms with van der Waals surface area (Å²) in [6.45, 7) is 19.3. The summed E-state index contributed by atoms with van der Waals surface area (Å²) >= 11 is 0. The second kappa shape index (κ2) is 8.91. The van der Waals surface area contributed by atoms with Crippen LogP contribution in [0, 0.1) is 22.7 Å². The standard InChI is InChI=1S/C23H37N3/c1-22(2,3)12-7-9-20-10-11-21(24-19-20)26-17-15-25(16-18-26)14-8-13-23(4,5)6/h10-11,19H,8,12-18H2,1-6H3. The summed E-state index contributed by atoms with van der Waals surface area (Å²) in [6, 6.07) is 4.23. The Kier molecular flexibility index (Phi) is 7.12. The van der Waals surface area contributed by atoms with E-state index in [2.05, 4.69) is 80.3 Å². The highest BCUT2D eigenvalue weighted by atomic mass is 15.3. The topological polar surface area (TPSA) is 19.4 Å². The van der Waals surface area contributed by atoms with Crippen molar-refractivity contribution >= 4 is 5.82 Å². The van der Waals surface area contributed by atoms with Crippen molar-refractivity contribution in [3.63, 3.8) is 0 Å². The molecule has 1 fully saturated rings. The van der Waals surface area contributed by atoms with E-state index in [1.807, 2.05) is 6.20 Å². The molecule has 0 atom stereocenters.